The van der Waals surface area contributed by atoms with Gasteiger partial charge < -0.3 is 9.64 Å². The first-order chi connectivity index (χ1) is 11.1. The van der Waals surface area contributed by atoms with Crippen LogP contribution >= 0.6 is 0 Å². The number of amides is 1. The summed E-state index contributed by atoms with van der Waals surface area (Å²) in [7, 11) is 3.66. The van der Waals surface area contributed by atoms with E-state index in [9.17, 15) is 4.79 Å². The summed E-state index contributed by atoms with van der Waals surface area (Å²) in [6.07, 6.45) is 6.08. The lowest BCUT2D eigenvalue weighted by atomic mass is 9.81. The second kappa shape index (κ2) is 6.91. The van der Waals surface area contributed by atoms with Crippen molar-refractivity contribution in [1.82, 2.24) is 9.80 Å². The number of benzene rings is 1. The Morgan fingerprint density at radius 3 is 2.65 bits per heavy atom. The van der Waals surface area contributed by atoms with Gasteiger partial charge >= 0.3 is 0 Å². The molecule has 1 heterocycles. The zero-order valence-corrected chi connectivity index (χ0v) is 14.5. The summed E-state index contributed by atoms with van der Waals surface area (Å²) in [5, 5.41) is 0. The minimum atomic E-state index is 0.140. The van der Waals surface area contributed by atoms with E-state index in [-0.39, 0.29) is 11.9 Å². The van der Waals surface area contributed by atoms with E-state index >= 15 is 0 Å². The average Bonchev–Trinajstić information content (AvgIpc) is 2.60. The SMILES string of the molecule is COc1ccc2c(c1)CC[C@H](N1CCCCC1)[C@H]2N(C)C(C)=O. The third-order valence-corrected chi connectivity index (χ3v) is 5.52. The molecule has 4 heteroatoms. The van der Waals surface area contributed by atoms with Crippen molar-refractivity contribution in [2.24, 2.45) is 0 Å². The van der Waals surface area contributed by atoms with Crippen molar-refractivity contribution in [2.75, 3.05) is 27.2 Å². The summed E-state index contributed by atoms with van der Waals surface area (Å²) in [4.78, 5) is 16.6. The van der Waals surface area contributed by atoms with Gasteiger partial charge in [0.15, 0.2) is 0 Å². The zero-order chi connectivity index (χ0) is 16.4. The van der Waals surface area contributed by atoms with E-state index in [0.717, 1.165) is 18.6 Å². The summed E-state index contributed by atoms with van der Waals surface area (Å²) >= 11 is 0. The Bertz CT molecular complexity index is 566. The molecule has 126 valence electrons. The van der Waals surface area contributed by atoms with Gasteiger partial charge in [-0.25, -0.2) is 0 Å². The Labute approximate surface area is 139 Å². The van der Waals surface area contributed by atoms with Gasteiger partial charge in [0.1, 0.15) is 5.75 Å². The molecule has 0 unspecified atom stereocenters. The molecular weight excluding hydrogens is 288 g/mol. The monoisotopic (exact) mass is 316 g/mol. The molecule has 0 radical (unpaired) electrons. The van der Waals surface area contributed by atoms with Gasteiger partial charge in [0.05, 0.1) is 13.2 Å². The summed E-state index contributed by atoms with van der Waals surface area (Å²) < 4.78 is 5.38. The van der Waals surface area contributed by atoms with Crippen LogP contribution in [0.25, 0.3) is 0 Å². The second-order valence-corrected chi connectivity index (χ2v) is 6.84. The maximum Gasteiger partial charge on any atom is 0.219 e. The number of hydrogen-bond acceptors (Lipinski definition) is 3. The lowest BCUT2D eigenvalue weighted by Crippen LogP contribution is -2.50. The first-order valence-electron chi connectivity index (χ1n) is 8.76. The third kappa shape index (κ3) is 3.23. The van der Waals surface area contributed by atoms with Crippen LogP contribution in [0.4, 0.5) is 0 Å². The molecule has 23 heavy (non-hydrogen) atoms. The van der Waals surface area contributed by atoms with E-state index in [0.29, 0.717) is 6.04 Å². The van der Waals surface area contributed by atoms with Crippen molar-refractivity contribution >= 4 is 5.91 Å². The lowest BCUT2D eigenvalue weighted by Gasteiger charge is -2.45. The number of likely N-dealkylation sites (N-methyl/N-ethyl adjacent to an activating group) is 1. The van der Waals surface area contributed by atoms with Gasteiger partial charge in [-0.05, 0) is 62.0 Å². The number of methoxy groups -OCH3 is 1. The fourth-order valence-electron chi connectivity index (χ4n) is 4.18. The highest BCUT2D eigenvalue weighted by atomic mass is 16.5. The van der Waals surface area contributed by atoms with E-state index in [1.54, 1.807) is 14.0 Å². The molecule has 1 aromatic carbocycles. The molecule has 1 amide bonds. The molecule has 0 N–H and O–H groups in total. The molecule has 0 saturated carbocycles. The summed E-state index contributed by atoms with van der Waals surface area (Å²) in [6, 6.07) is 6.92. The first kappa shape index (κ1) is 16.3. The highest BCUT2D eigenvalue weighted by Gasteiger charge is 2.37. The Hall–Kier alpha value is -1.55. The Kier molecular flexibility index (Phi) is 4.90. The summed E-state index contributed by atoms with van der Waals surface area (Å²) in [5.74, 6) is 1.05. The highest BCUT2D eigenvalue weighted by molar-refractivity contribution is 5.73. The van der Waals surface area contributed by atoms with Crippen LogP contribution in [0, 0.1) is 0 Å². The van der Waals surface area contributed by atoms with Gasteiger partial charge in [-0.1, -0.05) is 12.5 Å². The predicted molar refractivity (Wildman–Crippen MR) is 91.7 cm³/mol. The molecule has 2 atom stereocenters. The highest BCUT2D eigenvalue weighted by Crippen LogP contribution is 2.39. The van der Waals surface area contributed by atoms with Crippen molar-refractivity contribution in [3.05, 3.63) is 29.3 Å². The van der Waals surface area contributed by atoms with Crippen LogP contribution < -0.4 is 4.74 Å². The second-order valence-electron chi connectivity index (χ2n) is 6.84. The average molecular weight is 316 g/mol. The standard InChI is InChI=1S/C19H28N2O2/c1-14(22)20(2)19-17-9-8-16(23-3)13-15(17)7-10-18(19)21-11-5-4-6-12-21/h8-9,13,18-19H,4-7,10-12H2,1-3H3/t18-,19-/m0/s1. The molecule has 2 aliphatic rings. The zero-order valence-electron chi connectivity index (χ0n) is 14.5. The van der Waals surface area contributed by atoms with Crippen LogP contribution in [0.2, 0.25) is 0 Å². The smallest absolute Gasteiger partial charge is 0.219 e. The molecule has 1 saturated heterocycles. The summed E-state index contributed by atoms with van der Waals surface area (Å²) in [6.45, 7) is 4.00. The van der Waals surface area contributed by atoms with Crippen molar-refractivity contribution in [1.29, 1.82) is 0 Å². The molecule has 1 aliphatic carbocycles. The van der Waals surface area contributed by atoms with E-state index in [1.165, 1.54) is 43.5 Å². The lowest BCUT2D eigenvalue weighted by molar-refractivity contribution is -0.131. The number of carbonyl (C=O) groups excluding carboxylic acids is 1. The number of likely N-dealkylation sites (tertiary alicyclic amines) is 1. The molecule has 1 aromatic rings. The first-order valence-corrected chi connectivity index (χ1v) is 8.76. The van der Waals surface area contributed by atoms with Crippen LogP contribution in [-0.2, 0) is 11.2 Å². The normalized spacial score (nSPS) is 24.8. The maximum absolute atomic E-state index is 12.1. The summed E-state index contributed by atoms with van der Waals surface area (Å²) in [5.41, 5.74) is 2.63. The van der Waals surface area contributed by atoms with Crippen LogP contribution in [0.5, 0.6) is 5.75 Å². The topological polar surface area (TPSA) is 32.8 Å². The Morgan fingerprint density at radius 2 is 2.00 bits per heavy atom. The van der Waals surface area contributed by atoms with Crippen LogP contribution in [0.15, 0.2) is 18.2 Å². The van der Waals surface area contributed by atoms with E-state index in [2.05, 4.69) is 17.0 Å². The van der Waals surface area contributed by atoms with Crippen molar-refractivity contribution in [3.63, 3.8) is 0 Å². The number of piperidine rings is 1. The predicted octanol–water partition coefficient (Wildman–Crippen LogP) is 3.02. The van der Waals surface area contributed by atoms with E-state index < -0.39 is 0 Å². The number of rotatable bonds is 3. The third-order valence-electron chi connectivity index (χ3n) is 5.52. The number of fused-ring (bicyclic) bond motifs is 1. The van der Waals surface area contributed by atoms with E-state index in [1.807, 2.05) is 18.0 Å². The molecule has 0 aromatic heterocycles. The van der Waals surface area contributed by atoms with Crippen LogP contribution in [0.3, 0.4) is 0 Å². The molecule has 3 rings (SSSR count). The van der Waals surface area contributed by atoms with Crippen LogP contribution in [0.1, 0.15) is 49.8 Å². The number of hydrogen-bond donors (Lipinski definition) is 0. The largest absolute Gasteiger partial charge is 0.497 e. The molecule has 4 nitrogen and oxygen atoms in total. The number of nitrogens with zero attached hydrogens (tertiary/aromatic N) is 2. The van der Waals surface area contributed by atoms with Gasteiger partial charge in [-0.2, -0.15) is 0 Å². The van der Waals surface area contributed by atoms with Crippen molar-refractivity contribution in [2.45, 2.75) is 51.1 Å². The Morgan fingerprint density at radius 1 is 1.26 bits per heavy atom. The van der Waals surface area contributed by atoms with Crippen LogP contribution in [-0.4, -0.2) is 49.0 Å². The molecular formula is C19H28N2O2. The molecule has 0 bridgehead atoms. The van der Waals surface area contributed by atoms with Gasteiger partial charge in [0.2, 0.25) is 5.91 Å². The van der Waals surface area contributed by atoms with E-state index in [4.69, 9.17) is 4.74 Å². The fraction of sp³-hybridized carbons (Fsp3) is 0.632. The maximum atomic E-state index is 12.1. The molecule has 0 spiro atoms. The van der Waals surface area contributed by atoms with Crippen molar-refractivity contribution < 1.29 is 9.53 Å². The van der Waals surface area contributed by atoms with Gasteiger partial charge in [-0.3, -0.25) is 9.69 Å². The van der Waals surface area contributed by atoms with Gasteiger partial charge in [-0.15, -0.1) is 0 Å². The number of ether oxygens (including phenoxy) is 1. The Balaban J connectivity index is 1.95. The molecule has 1 aliphatic heterocycles. The van der Waals surface area contributed by atoms with Gasteiger partial charge in [0, 0.05) is 20.0 Å². The molecule has 1 fully saturated rings. The quantitative estimate of drug-likeness (QED) is 0.859. The fourth-order valence-corrected chi connectivity index (χ4v) is 4.18. The number of aryl methyl sites for hydroxylation is 1. The van der Waals surface area contributed by atoms with Crippen molar-refractivity contribution in [3.8, 4) is 5.75 Å². The number of carbonyl (C=O) groups is 1. The van der Waals surface area contributed by atoms with Gasteiger partial charge in [0.25, 0.3) is 0 Å². The minimum Gasteiger partial charge on any atom is -0.497 e. The minimum absolute atomic E-state index is 0.140.